The van der Waals surface area contributed by atoms with Gasteiger partial charge >= 0.3 is 5.97 Å². The summed E-state index contributed by atoms with van der Waals surface area (Å²) < 4.78 is 50.5. The zero-order valence-corrected chi connectivity index (χ0v) is 10.0. The van der Waals surface area contributed by atoms with E-state index in [4.69, 9.17) is 5.11 Å². The number of hydrogen-bond donors (Lipinski definition) is 1. The van der Waals surface area contributed by atoms with Crippen LogP contribution in [0.1, 0.15) is 23.2 Å². The second-order valence-electron chi connectivity index (χ2n) is 4.26. The minimum atomic E-state index is -3.91. The Morgan fingerprint density at radius 3 is 2.44 bits per heavy atom. The number of rotatable bonds is 4. The number of hydrogen-bond acceptors (Lipinski definition) is 3. The van der Waals surface area contributed by atoms with Gasteiger partial charge in [-0.05, 0) is 30.9 Å². The summed E-state index contributed by atoms with van der Waals surface area (Å²) in [5, 5.41) is 8.66. The minimum absolute atomic E-state index is 0.00673. The van der Waals surface area contributed by atoms with Crippen LogP contribution in [-0.4, -0.2) is 25.2 Å². The highest BCUT2D eigenvalue weighted by molar-refractivity contribution is 7.91. The normalized spacial score (nSPS) is 15.7. The highest BCUT2D eigenvalue weighted by atomic mass is 32.2. The Balaban J connectivity index is 2.51. The predicted molar refractivity (Wildman–Crippen MR) is 58.1 cm³/mol. The van der Waals surface area contributed by atoms with Crippen molar-refractivity contribution in [3.05, 3.63) is 29.3 Å². The molecule has 7 heteroatoms. The van der Waals surface area contributed by atoms with Crippen LogP contribution in [0.3, 0.4) is 0 Å². The zero-order chi connectivity index (χ0) is 13.5. The SMILES string of the molecule is O=C(O)c1c(F)ccc(S(=O)(=O)CC2CC2)c1F. The molecule has 2 rings (SSSR count). The standard InChI is InChI=1S/C11H10F2O4S/c12-7-3-4-8(10(13)9(7)11(14)15)18(16,17)5-6-1-2-6/h3-4,6H,1-2,5H2,(H,14,15). The number of carboxylic acid groups (broad SMARTS) is 1. The summed E-state index contributed by atoms with van der Waals surface area (Å²) in [6, 6.07) is 1.43. The van der Waals surface area contributed by atoms with Crippen molar-refractivity contribution in [2.24, 2.45) is 5.92 Å². The van der Waals surface area contributed by atoms with Gasteiger partial charge in [0.1, 0.15) is 16.3 Å². The molecule has 1 aromatic carbocycles. The van der Waals surface area contributed by atoms with Crippen molar-refractivity contribution >= 4 is 15.8 Å². The van der Waals surface area contributed by atoms with E-state index in [1.165, 1.54) is 0 Å². The molecule has 0 radical (unpaired) electrons. The van der Waals surface area contributed by atoms with Crippen LogP contribution < -0.4 is 0 Å². The van der Waals surface area contributed by atoms with Crippen molar-refractivity contribution < 1.29 is 27.1 Å². The number of carboxylic acids is 1. The van der Waals surface area contributed by atoms with E-state index in [0.717, 1.165) is 18.9 Å². The lowest BCUT2D eigenvalue weighted by atomic mass is 10.2. The fraction of sp³-hybridized carbons (Fsp3) is 0.364. The number of halogens is 2. The van der Waals surface area contributed by atoms with Crippen LogP contribution in [-0.2, 0) is 9.84 Å². The molecule has 1 fully saturated rings. The second kappa shape index (κ2) is 4.31. The molecule has 1 aliphatic carbocycles. The second-order valence-corrected chi connectivity index (χ2v) is 6.27. The monoisotopic (exact) mass is 276 g/mol. The molecule has 18 heavy (non-hydrogen) atoms. The van der Waals surface area contributed by atoms with Gasteiger partial charge in [-0.25, -0.2) is 22.0 Å². The van der Waals surface area contributed by atoms with Crippen LogP contribution >= 0.6 is 0 Å². The van der Waals surface area contributed by atoms with Crippen LogP contribution in [0.5, 0.6) is 0 Å². The Bertz CT molecular complexity index is 606. The summed E-state index contributed by atoms with van der Waals surface area (Å²) in [5.41, 5.74) is -1.23. The van der Waals surface area contributed by atoms with Gasteiger partial charge in [-0.15, -0.1) is 0 Å². The van der Waals surface area contributed by atoms with Crippen molar-refractivity contribution in [3.63, 3.8) is 0 Å². The summed E-state index contributed by atoms with van der Waals surface area (Å²) in [7, 11) is -3.91. The van der Waals surface area contributed by atoms with Crippen molar-refractivity contribution in [1.29, 1.82) is 0 Å². The summed E-state index contributed by atoms with van der Waals surface area (Å²) in [4.78, 5) is 9.94. The molecule has 0 amide bonds. The highest BCUT2D eigenvalue weighted by Gasteiger charge is 2.32. The summed E-state index contributed by atoms with van der Waals surface area (Å²) >= 11 is 0. The van der Waals surface area contributed by atoms with Crippen LogP contribution in [0.4, 0.5) is 8.78 Å². The Hall–Kier alpha value is -1.50. The zero-order valence-electron chi connectivity index (χ0n) is 9.19. The van der Waals surface area contributed by atoms with E-state index in [1.807, 2.05) is 0 Å². The van der Waals surface area contributed by atoms with E-state index in [9.17, 15) is 22.0 Å². The molecule has 0 aliphatic heterocycles. The van der Waals surface area contributed by atoms with Gasteiger partial charge in [0, 0.05) is 0 Å². The van der Waals surface area contributed by atoms with E-state index in [-0.39, 0.29) is 11.7 Å². The largest absolute Gasteiger partial charge is 0.477 e. The van der Waals surface area contributed by atoms with E-state index >= 15 is 0 Å². The van der Waals surface area contributed by atoms with Crippen molar-refractivity contribution in [1.82, 2.24) is 0 Å². The van der Waals surface area contributed by atoms with Gasteiger partial charge in [0.05, 0.1) is 5.75 Å². The van der Waals surface area contributed by atoms with Crippen molar-refractivity contribution in [2.45, 2.75) is 17.7 Å². The fourth-order valence-electron chi connectivity index (χ4n) is 1.65. The van der Waals surface area contributed by atoms with Gasteiger partial charge in [-0.1, -0.05) is 0 Å². The van der Waals surface area contributed by atoms with Crippen molar-refractivity contribution in [2.75, 3.05) is 5.75 Å². The summed E-state index contributed by atoms with van der Waals surface area (Å²) in [5.74, 6) is -4.87. The van der Waals surface area contributed by atoms with E-state index in [0.29, 0.717) is 6.07 Å². The molecular formula is C11H10F2O4S. The molecular weight excluding hydrogens is 266 g/mol. The third-order valence-corrected chi connectivity index (χ3v) is 4.65. The first kappa shape index (κ1) is 12.9. The Morgan fingerprint density at radius 2 is 1.94 bits per heavy atom. The molecule has 1 aliphatic rings. The number of aromatic carboxylic acids is 1. The first-order valence-electron chi connectivity index (χ1n) is 5.27. The summed E-state index contributed by atoms with van der Waals surface area (Å²) in [6.07, 6.45) is 1.52. The maximum atomic E-state index is 13.8. The Kier molecular flexibility index (Phi) is 3.10. The average Bonchev–Trinajstić information content (AvgIpc) is 2.99. The molecule has 0 heterocycles. The van der Waals surface area contributed by atoms with Gasteiger partial charge in [-0.3, -0.25) is 0 Å². The number of carbonyl (C=O) groups is 1. The molecule has 0 saturated heterocycles. The third-order valence-electron chi connectivity index (χ3n) is 2.76. The lowest BCUT2D eigenvalue weighted by molar-refractivity contribution is 0.0685. The van der Waals surface area contributed by atoms with Crippen molar-refractivity contribution in [3.8, 4) is 0 Å². The maximum absolute atomic E-state index is 13.8. The van der Waals surface area contributed by atoms with Gasteiger partial charge < -0.3 is 5.11 Å². The molecule has 98 valence electrons. The molecule has 0 unspecified atom stereocenters. The fourth-order valence-corrected chi connectivity index (χ4v) is 3.44. The first-order chi connectivity index (χ1) is 8.33. The molecule has 0 spiro atoms. The minimum Gasteiger partial charge on any atom is -0.477 e. The molecule has 4 nitrogen and oxygen atoms in total. The lowest BCUT2D eigenvalue weighted by Gasteiger charge is -2.07. The molecule has 0 aromatic heterocycles. The van der Waals surface area contributed by atoms with Gasteiger partial charge in [0.2, 0.25) is 0 Å². The molecule has 1 aromatic rings. The average molecular weight is 276 g/mol. The van der Waals surface area contributed by atoms with Crippen LogP contribution in [0.25, 0.3) is 0 Å². The van der Waals surface area contributed by atoms with Gasteiger partial charge in [0.15, 0.2) is 15.7 Å². The molecule has 0 bridgehead atoms. The lowest BCUT2D eigenvalue weighted by Crippen LogP contribution is -2.14. The smallest absolute Gasteiger partial charge is 0.341 e. The van der Waals surface area contributed by atoms with E-state index in [2.05, 4.69) is 0 Å². The number of benzene rings is 1. The Labute approximate surface area is 102 Å². The molecule has 0 atom stereocenters. The molecule has 1 N–H and O–H groups in total. The predicted octanol–water partition coefficient (Wildman–Crippen LogP) is 1.85. The van der Waals surface area contributed by atoms with Gasteiger partial charge in [-0.2, -0.15) is 0 Å². The highest BCUT2D eigenvalue weighted by Crippen LogP contribution is 2.33. The summed E-state index contributed by atoms with van der Waals surface area (Å²) in [6.45, 7) is 0. The van der Waals surface area contributed by atoms with Crippen LogP contribution in [0, 0.1) is 17.6 Å². The maximum Gasteiger partial charge on any atom is 0.341 e. The first-order valence-corrected chi connectivity index (χ1v) is 6.92. The van der Waals surface area contributed by atoms with Crippen LogP contribution in [0.2, 0.25) is 0 Å². The number of sulfone groups is 1. The topological polar surface area (TPSA) is 71.4 Å². The third kappa shape index (κ3) is 2.35. The van der Waals surface area contributed by atoms with E-state index in [1.54, 1.807) is 0 Å². The quantitative estimate of drug-likeness (QED) is 0.852. The van der Waals surface area contributed by atoms with Gasteiger partial charge in [0.25, 0.3) is 0 Å². The molecule has 1 saturated carbocycles. The Morgan fingerprint density at radius 1 is 1.33 bits per heavy atom. The van der Waals surface area contributed by atoms with E-state index < -0.39 is 37.9 Å². The van der Waals surface area contributed by atoms with Crippen LogP contribution in [0.15, 0.2) is 17.0 Å².